The molecule has 1 atom stereocenters. The monoisotopic (exact) mass is 244 g/mol. The minimum Gasteiger partial charge on any atom is -0.506 e. The van der Waals surface area contributed by atoms with Crippen molar-refractivity contribution in [3.8, 4) is 5.75 Å². The zero-order chi connectivity index (χ0) is 11.4. The van der Waals surface area contributed by atoms with Gasteiger partial charge in [0.25, 0.3) is 0 Å². The van der Waals surface area contributed by atoms with Crippen LogP contribution in [0.5, 0.6) is 5.75 Å². The van der Waals surface area contributed by atoms with Crippen molar-refractivity contribution in [1.29, 1.82) is 0 Å². The van der Waals surface area contributed by atoms with E-state index in [4.69, 9.17) is 5.73 Å². The van der Waals surface area contributed by atoms with E-state index in [1.165, 1.54) is 0 Å². The Balaban J connectivity index is 0.00000225. The molecule has 4 N–H and O–H groups in total. The van der Waals surface area contributed by atoms with E-state index in [0.717, 1.165) is 5.56 Å². The van der Waals surface area contributed by atoms with Crippen LogP contribution in [0.1, 0.15) is 18.9 Å². The van der Waals surface area contributed by atoms with Crippen molar-refractivity contribution in [2.24, 2.45) is 5.73 Å². The van der Waals surface area contributed by atoms with Crippen molar-refractivity contribution >= 4 is 24.0 Å². The number of aryl methyl sites for hydroxylation is 1. The fourth-order valence-corrected chi connectivity index (χ4v) is 1.24. The molecule has 1 aromatic carbocycles. The van der Waals surface area contributed by atoms with Crippen molar-refractivity contribution in [2.45, 2.75) is 26.3 Å². The molecule has 0 spiro atoms. The molecule has 0 radical (unpaired) electrons. The summed E-state index contributed by atoms with van der Waals surface area (Å²) in [4.78, 5) is 11.4. The maximum Gasteiger partial charge on any atom is 0.226 e. The average Bonchev–Trinajstić information content (AvgIpc) is 2.08. The Bertz CT molecular complexity index is 367. The number of nitrogens with one attached hydrogen (secondary N) is 1. The fraction of sp³-hybridized carbons (Fsp3) is 0.364. The van der Waals surface area contributed by atoms with Gasteiger partial charge in [0.1, 0.15) is 5.75 Å². The normalized spacial score (nSPS) is 11.4. The van der Waals surface area contributed by atoms with E-state index in [9.17, 15) is 9.90 Å². The van der Waals surface area contributed by atoms with Gasteiger partial charge in [-0.1, -0.05) is 6.07 Å². The summed E-state index contributed by atoms with van der Waals surface area (Å²) < 4.78 is 0. The maximum absolute atomic E-state index is 11.4. The van der Waals surface area contributed by atoms with Gasteiger partial charge in [0.2, 0.25) is 5.91 Å². The molecule has 0 heterocycles. The first-order valence-electron chi connectivity index (χ1n) is 4.84. The smallest absolute Gasteiger partial charge is 0.226 e. The highest BCUT2D eigenvalue weighted by Crippen LogP contribution is 2.23. The molecule has 0 saturated carbocycles. The first-order valence-corrected chi connectivity index (χ1v) is 4.84. The molecule has 5 heteroatoms. The van der Waals surface area contributed by atoms with E-state index < -0.39 is 0 Å². The van der Waals surface area contributed by atoms with Crippen molar-refractivity contribution < 1.29 is 9.90 Å². The Morgan fingerprint density at radius 2 is 2.19 bits per heavy atom. The summed E-state index contributed by atoms with van der Waals surface area (Å²) in [6.45, 7) is 3.63. The van der Waals surface area contributed by atoms with Gasteiger partial charge in [-0.05, 0) is 31.5 Å². The molecule has 0 aromatic heterocycles. The second-order valence-corrected chi connectivity index (χ2v) is 3.75. The molecule has 0 aliphatic rings. The number of carbonyl (C=O) groups is 1. The van der Waals surface area contributed by atoms with Crippen molar-refractivity contribution in [3.63, 3.8) is 0 Å². The molecule has 90 valence electrons. The van der Waals surface area contributed by atoms with Gasteiger partial charge in [0, 0.05) is 12.5 Å². The van der Waals surface area contributed by atoms with Crippen LogP contribution < -0.4 is 11.1 Å². The zero-order valence-electron chi connectivity index (χ0n) is 9.36. The summed E-state index contributed by atoms with van der Waals surface area (Å²) in [5, 5.41) is 12.1. The molecule has 0 saturated heterocycles. The second-order valence-electron chi connectivity index (χ2n) is 3.75. The summed E-state index contributed by atoms with van der Waals surface area (Å²) in [5.74, 6) is -0.114. The van der Waals surface area contributed by atoms with Crippen LogP contribution in [0.15, 0.2) is 18.2 Å². The lowest BCUT2D eigenvalue weighted by atomic mass is 10.2. The minimum absolute atomic E-state index is 0. The molecule has 1 amide bonds. The van der Waals surface area contributed by atoms with Crippen molar-refractivity contribution in [1.82, 2.24) is 0 Å². The quantitative estimate of drug-likeness (QED) is 0.710. The van der Waals surface area contributed by atoms with E-state index in [-0.39, 0.29) is 36.5 Å². The van der Waals surface area contributed by atoms with Gasteiger partial charge in [0.05, 0.1) is 5.69 Å². The number of benzene rings is 1. The lowest BCUT2D eigenvalue weighted by Gasteiger charge is -2.09. The van der Waals surface area contributed by atoms with Crippen LogP contribution in [0.2, 0.25) is 0 Å². The standard InChI is InChI=1S/C11H16N2O2.ClH/c1-7-3-4-9(10(14)5-7)13-11(15)6-8(2)12;/h3-5,8,14H,6,12H2,1-2H3,(H,13,15);1H. The number of nitrogens with two attached hydrogens (primary N) is 1. The van der Waals surface area contributed by atoms with E-state index in [1.807, 2.05) is 13.0 Å². The van der Waals surface area contributed by atoms with Crippen molar-refractivity contribution in [3.05, 3.63) is 23.8 Å². The largest absolute Gasteiger partial charge is 0.506 e. The Morgan fingerprint density at radius 3 is 2.69 bits per heavy atom. The Kier molecular flexibility index (Phi) is 5.85. The summed E-state index contributed by atoms with van der Waals surface area (Å²) in [6, 6.07) is 4.91. The first-order chi connectivity index (χ1) is 6.99. The number of phenols is 1. The number of aromatic hydroxyl groups is 1. The lowest BCUT2D eigenvalue weighted by molar-refractivity contribution is -0.116. The van der Waals surface area contributed by atoms with E-state index in [2.05, 4.69) is 5.32 Å². The third kappa shape index (κ3) is 4.51. The average molecular weight is 245 g/mol. The molecular weight excluding hydrogens is 228 g/mol. The van der Waals surface area contributed by atoms with Gasteiger partial charge < -0.3 is 16.2 Å². The predicted octanol–water partition coefficient (Wildman–Crippen LogP) is 1.80. The van der Waals surface area contributed by atoms with Gasteiger partial charge in [-0.25, -0.2) is 0 Å². The van der Waals surface area contributed by atoms with Gasteiger partial charge in [-0.2, -0.15) is 0 Å². The van der Waals surface area contributed by atoms with Crippen LogP contribution in [-0.2, 0) is 4.79 Å². The summed E-state index contributed by atoms with van der Waals surface area (Å²) in [6.07, 6.45) is 0.243. The third-order valence-electron chi connectivity index (χ3n) is 1.93. The highest BCUT2D eigenvalue weighted by molar-refractivity contribution is 5.92. The number of hydrogen-bond acceptors (Lipinski definition) is 3. The summed E-state index contributed by atoms with van der Waals surface area (Å²) in [5.41, 5.74) is 6.85. The molecule has 1 unspecified atom stereocenters. The molecular formula is C11H17ClN2O2. The lowest BCUT2D eigenvalue weighted by Crippen LogP contribution is -2.23. The van der Waals surface area contributed by atoms with Crippen molar-refractivity contribution in [2.75, 3.05) is 5.32 Å². The molecule has 0 fully saturated rings. The van der Waals surface area contributed by atoms with Gasteiger partial charge >= 0.3 is 0 Å². The van der Waals surface area contributed by atoms with Crippen LogP contribution in [0.3, 0.4) is 0 Å². The van der Waals surface area contributed by atoms with Crippen LogP contribution in [0.4, 0.5) is 5.69 Å². The zero-order valence-corrected chi connectivity index (χ0v) is 10.2. The fourth-order valence-electron chi connectivity index (χ4n) is 1.24. The summed E-state index contributed by atoms with van der Waals surface area (Å²) in [7, 11) is 0. The van der Waals surface area contributed by atoms with Crippen LogP contribution in [0, 0.1) is 6.92 Å². The number of hydrogen-bond donors (Lipinski definition) is 3. The number of phenolic OH excluding ortho intramolecular Hbond substituents is 1. The molecule has 1 aromatic rings. The summed E-state index contributed by atoms with van der Waals surface area (Å²) >= 11 is 0. The van der Waals surface area contributed by atoms with E-state index in [1.54, 1.807) is 19.1 Å². The highest BCUT2D eigenvalue weighted by atomic mass is 35.5. The topological polar surface area (TPSA) is 75.4 Å². The van der Waals surface area contributed by atoms with E-state index >= 15 is 0 Å². The molecule has 0 aliphatic heterocycles. The molecule has 1 rings (SSSR count). The molecule has 4 nitrogen and oxygen atoms in total. The predicted molar refractivity (Wildman–Crippen MR) is 67.0 cm³/mol. The number of halogens is 1. The third-order valence-corrected chi connectivity index (χ3v) is 1.93. The van der Waals surface area contributed by atoms with Crippen LogP contribution in [-0.4, -0.2) is 17.1 Å². The molecule has 0 aliphatic carbocycles. The molecule has 0 bridgehead atoms. The number of rotatable bonds is 3. The highest BCUT2D eigenvalue weighted by Gasteiger charge is 2.08. The first kappa shape index (κ1) is 14.7. The van der Waals surface area contributed by atoms with E-state index in [0.29, 0.717) is 5.69 Å². The molecule has 16 heavy (non-hydrogen) atoms. The Hall–Kier alpha value is -1.26. The van der Waals surface area contributed by atoms with Gasteiger partial charge in [0.15, 0.2) is 0 Å². The SMILES string of the molecule is Cc1ccc(NC(=O)CC(C)N)c(O)c1.Cl. The number of carbonyl (C=O) groups excluding carboxylic acids is 1. The Morgan fingerprint density at radius 1 is 1.56 bits per heavy atom. The van der Waals surface area contributed by atoms with Gasteiger partial charge in [-0.15, -0.1) is 12.4 Å². The minimum atomic E-state index is -0.191. The Labute approximate surface area is 101 Å². The maximum atomic E-state index is 11.4. The number of anilines is 1. The van der Waals surface area contributed by atoms with Crippen LogP contribution in [0.25, 0.3) is 0 Å². The van der Waals surface area contributed by atoms with Gasteiger partial charge in [-0.3, -0.25) is 4.79 Å². The van der Waals surface area contributed by atoms with Crippen LogP contribution >= 0.6 is 12.4 Å². The number of amides is 1. The second kappa shape index (κ2) is 6.35.